The van der Waals surface area contributed by atoms with E-state index >= 15 is 0 Å². The fraction of sp³-hybridized carbons (Fsp3) is 0.250. The fourth-order valence-corrected chi connectivity index (χ4v) is 2.07. The van der Waals surface area contributed by atoms with E-state index in [0.717, 1.165) is 29.8 Å². The minimum absolute atomic E-state index is 0.503. The number of nitrogens with zero attached hydrogens (tertiary/aromatic N) is 1. The molecule has 0 heterocycles. The van der Waals surface area contributed by atoms with Crippen LogP contribution in [0.4, 0.5) is 5.69 Å². The summed E-state index contributed by atoms with van der Waals surface area (Å²) < 4.78 is 11.2. The summed E-state index contributed by atoms with van der Waals surface area (Å²) in [6, 6.07) is 17.6. The molecule has 0 saturated heterocycles. The minimum atomic E-state index is 0.503. The van der Waals surface area contributed by atoms with Crippen LogP contribution in [0.15, 0.2) is 71.7 Å². The molecule has 0 fully saturated rings. The molecule has 23 heavy (non-hydrogen) atoms. The Labute approximate surface area is 138 Å². The highest BCUT2D eigenvalue weighted by Crippen LogP contribution is 2.27. The molecule has 0 aliphatic heterocycles. The Morgan fingerprint density at radius 2 is 1.74 bits per heavy atom. The van der Waals surface area contributed by atoms with Crippen molar-refractivity contribution in [3.8, 4) is 5.75 Å². The van der Waals surface area contributed by atoms with Crippen molar-refractivity contribution in [2.24, 2.45) is 4.99 Å². The highest BCUT2D eigenvalue weighted by atomic mass is 16.5. The number of methoxy groups -OCH3 is 1. The number of unbranched alkanes of at least 4 members (excludes halogenated alkanes) is 1. The van der Waals surface area contributed by atoms with Gasteiger partial charge in [0.15, 0.2) is 0 Å². The van der Waals surface area contributed by atoms with Gasteiger partial charge in [0.05, 0.1) is 7.11 Å². The predicted molar refractivity (Wildman–Crippen MR) is 95.6 cm³/mol. The lowest BCUT2D eigenvalue weighted by atomic mass is 10.2. The summed E-state index contributed by atoms with van der Waals surface area (Å²) in [5, 5.41) is 0. The first kappa shape index (κ1) is 16.8. The van der Waals surface area contributed by atoms with Crippen molar-refractivity contribution < 1.29 is 9.47 Å². The average molecular weight is 309 g/mol. The summed E-state index contributed by atoms with van der Waals surface area (Å²) >= 11 is 0. The van der Waals surface area contributed by atoms with Crippen LogP contribution in [0.25, 0.3) is 0 Å². The zero-order chi connectivity index (χ0) is 16.3. The van der Waals surface area contributed by atoms with E-state index in [2.05, 4.69) is 18.0 Å². The van der Waals surface area contributed by atoms with Gasteiger partial charge in [-0.05, 0) is 30.7 Å². The Hall–Kier alpha value is -2.55. The van der Waals surface area contributed by atoms with Crippen molar-refractivity contribution in [3.63, 3.8) is 0 Å². The molecule has 120 valence electrons. The molecular formula is C20H23NO2. The number of aliphatic imine (C=N–C) groups is 1. The fourth-order valence-electron chi connectivity index (χ4n) is 2.07. The molecule has 0 bridgehead atoms. The lowest BCUT2D eigenvalue weighted by Crippen LogP contribution is -2.06. The van der Waals surface area contributed by atoms with E-state index in [-0.39, 0.29) is 0 Å². The lowest BCUT2D eigenvalue weighted by molar-refractivity contribution is 0.351. The Bertz CT molecular complexity index is 648. The molecular weight excluding hydrogens is 286 g/mol. The summed E-state index contributed by atoms with van der Waals surface area (Å²) in [5.41, 5.74) is 1.70. The van der Waals surface area contributed by atoms with Gasteiger partial charge in [-0.15, -0.1) is 0 Å². The number of ether oxygens (including phenoxy) is 2. The third-order valence-corrected chi connectivity index (χ3v) is 3.27. The second-order valence-corrected chi connectivity index (χ2v) is 5.03. The van der Waals surface area contributed by atoms with Gasteiger partial charge in [0.1, 0.15) is 18.0 Å². The molecule has 0 aromatic heterocycles. The minimum Gasteiger partial charge on any atom is -0.494 e. The first-order chi connectivity index (χ1) is 11.3. The van der Waals surface area contributed by atoms with Crippen molar-refractivity contribution >= 4 is 11.6 Å². The maximum atomic E-state index is 5.89. The number of hydrogen-bond donors (Lipinski definition) is 0. The first-order valence-corrected chi connectivity index (χ1v) is 7.90. The average Bonchev–Trinajstić information content (AvgIpc) is 2.61. The smallest absolute Gasteiger partial charge is 0.221 e. The largest absolute Gasteiger partial charge is 0.494 e. The third-order valence-electron chi connectivity index (χ3n) is 3.27. The highest BCUT2D eigenvalue weighted by Gasteiger charge is 2.07. The van der Waals surface area contributed by atoms with Gasteiger partial charge < -0.3 is 9.47 Å². The second kappa shape index (κ2) is 9.46. The lowest BCUT2D eigenvalue weighted by Gasteiger charge is -2.09. The van der Waals surface area contributed by atoms with Crippen molar-refractivity contribution in [2.75, 3.05) is 13.7 Å². The van der Waals surface area contributed by atoms with Crippen molar-refractivity contribution in [1.29, 1.82) is 0 Å². The van der Waals surface area contributed by atoms with Gasteiger partial charge in [-0.2, -0.15) is 0 Å². The molecule has 2 aromatic carbocycles. The standard InChI is InChI=1S/C20H23NO2/c1-3-4-5-11-16-23-20(17-12-7-6-8-13-17)21-18-14-9-10-15-19(18)22-2/h5-15H,3-4,16H2,1-2H3. The van der Waals surface area contributed by atoms with Gasteiger partial charge in [0.2, 0.25) is 5.90 Å². The van der Waals surface area contributed by atoms with Crippen molar-refractivity contribution in [2.45, 2.75) is 19.8 Å². The highest BCUT2D eigenvalue weighted by molar-refractivity contribution is 5.96. The van der Waals surface area contributed by atoms with Gasteiger partial charge in [-0.3, -0.25) is 0 Å². The van der Waals surface area contributed by atoms with Crippen LogP contribution in [0.2, 0.25) is 0 Å². The molecule has 0 N–H and O–H groups in total. The van der Waals surface area contributed by atoms with Crippen LogP contribution in [0.3, 0.4) is 0 Å². The molecule has 0 radical (unpaired) electrons. The Kier molecular flexibility index (Phi) is 6.92. The SMILES string of the molecule is CCCC=CCOC(=Nc1ccccc1OC)c1ccccc1. The molecule has 0 aliphatic rings. The summed E-state index contributed by atoms with van der Waals surface area (Å²) in [6.07, 6.45) is 6.36. The molecule has 0 unspecified atom stereocenters. The predicted octanol–water partition coefficient (Wildman–Crippen LogP) is 5.15. The zero-order valence-electron chi connectivity index (χ0n) is 13.7. The second-order valence-electron chi connectivity index (χ2n) is 5.03. The quantitative estimate of drug-likeness (QED) is 0.402. The summed E-state index contributed by atoms with van der Waals surface area (Å²) in [5.74, 6) is 1.32. The van der Waals surface area contributed by atoms with Crippen LogP contribution in [0.5, 0.6) is 5.75 Å². The summed E-state index contributed by atoms with van der Waals surface area (Å²) in [7, 11) is 1.64. The molecule has 0 saturated carbocycles. The van der Waals surface area contributed by atoms with Crippen LogP contribution in [-0.4, -0.2) is 19.6 Å². The summed E-state index contributed by atoms with van der Waals surface area (Å²) in [6.45, 7) is 2.66. The maximum absolute atomic E-state index is 5.89. The first-order valence-electron chi connectivity index (χ1n) is 7.90. The normalized spacial score (nSPS) is 11.7. The Morgan fingerprint density at radius 1 is 1.00 bits per heavy atom. The molecule has 2 aromatic rings. The van der Waals surface area contributed by atoms with Crippen LogP contribution < -0.4 is 4.74 Å². The number of hydrogen-bond acceptors (Lipinski definition) is 3. The molecule has 0 amide bonds. The number of benzene rings is 2. The molecule has 3 nitrogen and oxygen atoms in total. The number of para-hydroxylation sites is 2. The molecule has 0 aliphatic carbocycles. The van der Waals surface area contributed by atoms with Gasteiger partial charge >= 0.3 is 0 Å². The van der Waals surface area contributed by atoms with Crippen LogP contribution >= 0.6 is 0 Å². The van der Waals surface area contributed by atoms with E-state index in [0.29, 0.717) is 12.5 Å². The zero-order valence-corrected chi connectivity index (χ0v) is 13.7. The van der Waals surface area contributed by atoms with Crippen LogP contribution in [-0.2, 0) is 4.74 Å². The summed E-state index contributed by atoms with van der Waals surface area (Å²) in [4.78, 5) is 4.65. The molecule has 2 rings (SSSR count). The molecule has 3 heteroatoms. The molecule has 0 atom stereocenters. The van der Waals surface area contributed by atoms with Gasteiger partial charge in [0.25, 0.3) is 0 Å². The Morgan fingerprint density at radius 3 is 2.48 bits per heavy atom. The van der Waals surface area contributed by atoms with Crippen LogP contribution in [0.1, 0.15) is 25.3 Å². The van der Waals surface area contributed by atoms with E-state index in [1.165, 1.54) is 0 Å². The van der Waals surface area contributed by atoms with E-state index < -0.39 is 0 Å². The van der Waals surface area contributed by atoms with Gasteiger partial charge in [-0.1, -0.05) is 55.8 Å². The van der Waals surface area contributed by atoms with Crippen molar-refractivity contribution in [3.05, 3.63) is 72.3 Å². The topological polar surface area (TPSA) is 30.8 Å². The van der Waals surface area contributed by atoms with Gasteiger partial charge in [-0.25, -0.2) is 4.99 Å². The Balaban J connectivity index is 2.24. The van der Waals surface area contributed by atoms with E-state index in [1.807, 2.05) is 60.7 Å². The molecule has 0 spiro atoms. The van der Waals surface area contributed by atoms with E-state index in [1.54, 1.807) is 7.11 Å². The van der Waals surface area contributed by atoms with Crippen molar-refractivity contribution in [1.82, 2.24) is 0 Å². The number of allylic oxidation sites excluding steroid dienone is 1. The van der Waals surface area contributed by atoms with Crippen LogP contribution in [0, 0.1) is 0 Å². The third kappa shape index (κ3) is 5.29. The monoisotopic (exact) mass is 309 g/mol. The van der Waals surface area contributed by atoms with E-state index in [4.69, 9.17) is 9.47 Å². The van der Waals surface area contributed by atoms with Gasteiger partial charge in [0, 0.05) is 5.56 Å². The van der Waals surface area contributed by atoms with E-state index in [9.17, 15) is 0 Å². The number of rotatable bonds is 7. The maximum Gasteiger partial charge on any atom is 0.221 e.